The summed E-state index contributed by atoms with van der Waals surface area (Å²) in [5.74, 6) is 0.461. The highest BCUT2D eigenvalue weighted by molar-refractivity contribution is 14.0. The van der Waals surface area contributed by atoms with Crippen molar-refractivity contribution < 1.29 is 4.79 Å². The molecule has 82 valence electrons. The van der Waals surface area contributed by atoms with Crippen LogP contribution < -0.4 is 0 Å². The highest BCUT2D eigenvalue weighted by atomic mass is 127. The third kappa shape index (κ3) is 3.37. The lowest BCUT2D eigenvalue weighted by atomic mass is 9.70. The van der Waals surface area contributed by atoms with Crippen molar-refractivity contribution in [3.8, 4) is 0 Å². The highest BCUT2D eigenvalue weighted by Gasteiger charge is 2.34. The Morgan fingerprint density at radius 3 is 2.36 bits per heavy atom. The lowest BCUT2D eigenvalue weighted by molar-refractivity contribution is -0.129. The first-order valence-corrected chi connectivity index (χ1v) is 5.28. The Bertz CT molecular complexity index is 210. The van der Waals surface area contributed by atoms with Crippen LogP contribution in [0.2, 0.25) is 0 Å². The van der Waals surface area contributed by atoms with Crippen LogP contribution in [0.1, 0.15) is 52.4 Å². The molecule has 0 atom stereocenters. The third-order valence-electron chi connectivity index (χ3n) is 3.21. The number of carbonyl (C=O) groups is 1. The van der Waals surface area contributed by atoms with E-state index in [2.05, 4.69) is 20.4 Å². The van der Waals surface area contributed by atoms with Gasteiger partial charge in [-0.2, -0.15) is 0 Å². The topological polar surface area (TPSA) is 17.1 Å². The molecular formula is C12H21IO. The maximum absolute atomic E-state index is 11.8. The lowest BCUT2D eigenvalue weighted by Gasteiger charge is -2.33. The van der Waals surface area contributed by atoms with Gasteiger partial charge in [-0.25, -0.2) is 0 Å². The number of halogens is 1. The standard InChI is InChI=1S/C12H20O.HI/c1-4-5-11(13)12(3)8-6-10(2)7-9-12;/h2,4-9H2,1,3H3;1H. The van der Waals surface area contributed by atoms with E-state index in [0.29, 0.717) is 5.78 Å². The van der Waals surface area contributed by atoms with Crippen LogP contribution in [-0.2, 0) is 4.79 Å². The Morgan fingerprint density at radius 1 is 1.43 bits per heavy atom. The minimum Gasteiger partial charge on any atom is -0.299 e. The number of ketones is 1. The van der Waals surface area contributed by atoms with Crippen molar-refractivity contribution in [1.82, 2.24) is 0 Å². The summed E-state index contributed by atoms with van der Waals surface area (Å²) in [6.45, 7) is 8.17. The van der Waals surface area contributed by atoms with Gasteiger partial charge in [0.2, 0.25) is 0 Å². The first-order chi connectivity index (χ1) is 6.08. The smallest absolute Gasteiger partial charge is 0.138 e. The first kappa shape index (κ1) is 14.1. The van der Waals surface area contributed by atoms with Crippen molar-refractivity contribution in [3.05, 3.63) is 12.2 Å². The lowest BCUT2D eigenvalue weighted by Crippen LogP contribution is -2.30. The van der Waals surface area contributed by atoms with Crippen molar-refractivity contribution in [1.29, 1.82) is 0 Å². The molecule has 1 aliphatic carbocycles. The monoisotopic (exact) mass is 308 g/mol. The summed E-state index contributed by atoms with van der Waals surface area (Å²) < 4.78 is 0. The van der Waals surface area contributed by atoms with Gasteiger partial charge in [0.25, 0.3) is 0 Å². The van der Waals surface area contributed by atoms with Gasteiger partial charge in [-0.3, -0.25) is 4.79 Å². The van der Waals surface area contributed by atoms with Crippen LogP contribution in [0, 0.1) is 5.41 Å². The molecule has 0 aromatic heterocycles. The van der Waals surface area contributed by atoms with Crippen LogP contribution in [0.4, 0.5) is 0 Å². The summed E-state index contributed by atoms with van der Waals surface area (Å²) in [5.41, 5.74) is 1.29. The molecule has 0 radical (unpaired) electrons. The van der Waals surface area contributed by atoms with Gasteiger partial charge >= 0.3 is 0 Å². The van der Waals surface area contributed by atoms with Gasteiger partial charge < -0.3 is 0 Å². The van der Waals surface area contributed by atoms with Crippen molar-refractivity contribution >= 4 is 29.8 Å². The van der Waals surface area contributed by atoms with E-state index in [9.17, 15) is 4.79 Å². The van der Waals surface area contributed by atoms with Crippen molar-refractivity contribution in [2.75, 3.05) is 0 Å². The molecule has 2 heteroatoms. The fraction of sp³-hybridized carbons (Fsp3) is 0.750. The van der Waals surface area contributed by atoms with E-state index in [0.717, 1.165) is 38.5 Å². The van der Waals surface area contributed by atoms with Gasteiger partial charge in [-0.15, -0.1) is 24.0 Å². The molecule has 1 saturated carbocycles. The molecule has 0 spiro atoms. The average Bonchev–Trinajstić information content (AvgIpc) is 2.11. The van der Waals surface area contributed by atoms with E-state index < -0.39 is 0 Å². The van der Waals surface area contributed by atoms with E-state index in [1.54, 1.807) is 0 Å². The van der Waals surface area contributed by atoms with Crippen LogP contribution >= 0.6 is 24.0 Å². The summed E-state index contributed by atoms with van der Waals surface area (Å²) in [4.78, 5) is 11.8. The summed E-state index contributed by atoms with van der Waals surface area (Å²) in [7, 11) is 0. The largest absolute Gasteiger partial charge is 0.299 e. The Hall–Kier alpha value is 0.140. The van der Waals surface area contributed by atoms with Crippen LogP contribution in [0.15, 0.2) is 12.2 Å². The van der Waals surface area contributed by atoms with Crippen LogP contribution in [0.5, 0.6) is 0 Å². The number of hydrogen-bond donors (Lipinski definition) is 0. The molecule has 0 aliphatic heterocycles. The molecule has 0 aromatic carbocycles. The quantitative estimate of drug-likeness (QED) is 0.566. The minimum absolute atomic E-state index is 0. The van der Waals surface area contributed by atoms with Gasteiger partial charge in [-0.1, -0.05) is 26.0 Å². The number of carbonyl (C=O) groups excluding carboxylic acids is 1. The summed E-state index contributed by atoms with van der Waals surface area (Å²) in [5, 5.41) is 0. The number of hydrogen-bond acceptors (Lipinski definition) is 1. The Morgan fingerprint density at radius 2 is 1.93 bits per heavy atom. The number of allylic oxidation sites excluding steroid dienone is 1. The predicted octanol–water partition coefficient (Wildman–Crippen LogP) is 4.11. The van der Waals surface area contributed by atoms with Gasteiger partial charge in [0.05, 0.1) is 0 Å². The molecule has 1 rings (SSSR count). The molecular weight excluding hydrogens is 287 g/mol. The SMILES string of the molecule is C=C1CCC(C)(C(=O)CCC)CC1.I. The van der Waals surface area contributed by atoms with E-state index in [-0.39, 0.29) is 29.4 Å². The third-order valence-corrected chi connectivity index (χ3v) is 3.21. The van der Waals surface area contributed by atoms with E-state index in [1.165, 1.54) is 5.57 Å². The number of rotatable bonds is 3. The van der Waals surface area contributed by atoms with Crippen LogP contribution in [0.25, 0.3) is 0 Å². The van der Waals surface area contributed by atoms with Crippen LogP contribution in [-0.4, -0.2) is 5.78 Å². The highest BCUT2D eigenvalue weighted by Crippen LogP contribution is 2.39. The fourth-order valence-corrected chi connectivity index (χ4v) is 1.96. The zero-order valence-corrected chi connectivity index (χ0v) is 11.6. The molecule has 0 aromatic rings. The molecule has 0 unspecified atom stereocenters. The van der Waals surface area contributed by atoms with Crippen molar-refractivity contribution in [3.63, 3.8) is 0 Å². The van der Waals surface area contributed by atoms with Gasteiger partial charge in [0.1, 0.15) is 5.78 Å². The average molecular weight is 308 g/mol. The van der Waals surface area contributed by atoms with Crippen LogP contribution in [0.3, 0.4) is 0 Å². The van der Waals surface area contributed by atoms with Gasteiger partial charge in [0, 0.05) is 11.8 Å². The van der Waals surface area contributed by atoms with E-state index >= 15 is 0 Å². The van der Waals surface area contributed by atoms with Crippen molar-refractivity contribution in [2.24, 2.45) is 5.41 Å². The number of Topliss-reactive ketones (excluding diaryl/α,β-unsaturated/α-hetero) is 1. The second-order valence-corrected chi connectivity index (χ2v) is 4.48. The molecule has 0 N–H and O–H groups in total. The predicted molar refractivity (Wildman–Crippen MR) is 71.0 cm³/mol. The molecule has 0 heterocycles. The molecule has 1 fully saturated rings. The summed E-state index contributed by atoms with van der Waals surface area (Å²) in [6, 6.07) is 0. The zero-order chi connectivity index (χ0) is 9.90. The fourth-order valence-electron chi connectivity index (χ4n) is 1.96. The van der Waals surface area contributed by atoms with Crippen molar-refractivity contribution in [2.45, 2.75) is 52.4 Å². The van der Waals surface area contributed by atoms with E-state index in [4.69, 9.17) is 0 Å². The molecule has 0 bridgehead atoms. The second-order valence-electron chi connectivity index (χ2n) is 4.48. The molecule has 1 nitrogen and oxygen atoms in total. The molecule has 0 amide bonds. The first-order valence-electron chi connectivity index (χ1n) is 5.28. The Labute approximate surface area is 104 Å². The van der Waals surface area contributed by atoms with Gasteiger partial charge in [0.15, 0.2) is 0 Å². The second kappa shape index (κ2) is 5.89. The maximum atomic E-state index is 11.8. The molecule has 1 aliphatic rings. The van der Waals surface area contributed by atoms with Gasteiger partial charge in [-0.05, 0) is 32.1 Å². The summed E-state index contributed by atoms with van der Waals surface area (Å²) in [6.07, 6.45) is 5.87. The summed E-state index contributed by atoms with van der Waals surface area (Å²) >= 11 is 0. The molecule has 14 heavy (non-hydrogen) atoms. The molecule has 0 saturated heterocycles. The minimum atomic E-state index is -0.0306. The van der Waals surface area contributed by atoms with E-state index in [1.807, 2.05) is 0 Å². The maximum Gasteiger partial charge on any atom is 0.138 e. The Kier molecular flexibility index (Phi) is 5.94. The normalized spacial score (nSPS) is 20.0. The zero-order valence-electron chi connectivity index (χ0n) is 9.27. The Balaban J connectivity index is 0.00000169.